The summed E-state index contributed by atoms with van der Waals surface area (Å²) in [6, 6.07) is 9.90. The van der Waals surface area contributed by atoms with Crippen molar-refractivity contribution in [1.29, 1.82) is 0 Å². The number of furan rings is 1. The molecule has 0 fully saturated rings. The first-order valence-electron chi connectivity index (χ1n) is 6.21. The van der Waals surface area contributed by atoms with E-state index < -0.39 is 0 Å². The molecule has 3 rings (SSSR count). The van der Waals surface area contributed by atoms with Gasteiger partial charge in [0.2, 0.25) is 0 Å². The number of hydrogen-bond acceptors (Lipinski definition) is 2. The molecule has 0 unspecified atom stereocenters. The molecule has 0 saturated carbocycles. The van der Waals surface area contributed by atoms with Gasteiger partial charge in [0.25, 0.3) is 5.91 Å². The first kappa shape index (κ1) is 11.1. The van der Waals surface area contributed by atoms with Crippen LogP contribution in [0.15, 0.2) is 41.0 Å². The Hall–Kier alpha value is -2.03. The molecular weight excluding hydrogens is 226 g/mol. The van der Waals surface area contributed by atoms with Crippen LogP contribution < -0.4 is 4.90 Å². The second kappa shape index (κ2) is 4.33. The summed E-state index contributed by atoms with van der Waals surface area (Å²) in [5.41, 5.74) is 3.15. The van der Waals surface area contributed by atoms with Gasteiger partial charge in [-0.2, -0.15) is 0 Å². The highest BCUT2D eigenvalue weighted by molar-refractivity contribution is 6.05. The van der Waals surface area contributed by atoms with Gasteiger partial charge in [0.15, 0.2) is 5.76 Å². The number of fused-ring (bicyclic) bond motifs is 1. The molecule has 1 aromatic carbocycles. The fourth-order valence-electron chi connectivity index (χ4n) is 2.46. The van der Waals surface area contributed by atoms with E-state index in [1.165, 1.54) is 5.56 Å². The Morgan fingerprint density at radius 1 is 1.28 bits per heavy atom. The Bertz CT molecular complexity index is 586. The average molecular weight is 241 g/mol. The molecule has 1 aliphatic rings. The molecular formula is C15H15NO2. The van der Waals surface area contributed by atoms with E-state index in [0.717, 1.165) is 30.6 Å². The molecule has 0 N–H and O–H groups in total. The minimum Gasteiger partial charge on any atom is -0.459 e. The number of rotatable bonds is 1. The first-order valence-corrected chi connectivity index (χ1v) is 6.21. The van der Waals surface area contributed by atoms with Crippen LogP contribution in [0, 0.1) is 6.92 Å². The molecule has 0 atom stereocenters. The zero-order valence-corrected chi connectivity index (χ0v) is 10.3. The predicted octanol–water partition coefficient (Wildman–Crippen LogP) is 3.18. The highest BCUT2D eigenvalue weighted by Crippen LogP contribution is 2.28. The van der Waals surface area contributed by atoms with Crippen LogP contribution >= 0.6 is 0 Å². The topological polar surface area (TPSA) is 33.5 Å². The molecule has 2 aromatic rings. The summed E-state index contributed by atoms with van der Waals surface area (Å²) in [7, 11) is 0. The molecule has 0 radical (unpaired) electrons. The van der Waals surface area contributed by atoms with Gasteiger partial charge in [-0.3, -0.25) is 4.79 Å². The summed E-state index contributed by atoms with van der Waals surface area (Å²) in [5, 5.41) is 0. The summed E-state index contributed by atoms with van der Waals surface area (Å²) in [5.74, 6) is 0.413. The molecule has 0 aliphatic carbocycles. The number of hydrogen-bond donors (Lipinski definition) is 0. The number of para-hydroxylation sites is 1. The molecule has 1 aliphatic heterocycles. The van der Waals surface area contributed by atoms with Crippen molar-refractivity contribution in [3.63, 3.8) is 0 Å². The van der Waals surface area contributed by atoms with Crippen molar-refractivity contribution in [1.82, 2.24) is 0 Å². The van der Waals surface area contributed by atoms with Crippen molar-refractivity contribution in [2.45, 2.75) is 19.8 Å². The van der Waals surface area contributed by atoms with Crippen molar-refractivity contribution in [2.24, 2.45) is 0 Å². The van der Waals surface area contributed by atoms with Crippen molar-refractivity contribution >= 4 is 11.6 Å². The molecule has 1 aromatic heterocycles. The molecule has 0 spiro atoms. The van der Waals surface area contributed by atoms with E-state index in [9.17, 15) is 4.79 Å². The fourth-order valence-corrected chi connectivity index (χ4v) is 2.46. The molecule has 2 heterocycles. The van der Waals surface area contributed by atoms with Crippen LogP contribution in [-0.4, -0.2) is 12.5 Å². The van der Waals surface area contributed by atoms with Gasteiger partial charge in [0.05, 0.1) is 6.26 Å². The maximum Gasteiger partial charge on any atom is 0.294 e. The van der Waals surface area contributed by atoms with E-state index >= 15 is 0 Å². The minimum absolute atomic E-state index is 0.0374. The Balaban J connectivity index is 2.00. The molecule has 18 heavy (non-hydrogen) atoms. The number of carbonyl (C=O) groups excluding carboxylic acids is 1. The fraction of sp³-hybridized carbons (Fsp3) is 0.267. The minimum atomic E-state index is -0.0374. The Morgan fingerprint density at radius 2 is 2.11 bits per heavy atom. The number of anilines is 1. The third-order valence-corrected chi connectivity index (χ3v) is 3.41. The van der Waals surface area contributed by atoms with Crippen LogP contribution in [0.25, 0.3) is 0 Å². The highest BCUT2D eigenvalue weighted by atomic mass is 16.3. The second-order valence-corrected chi connectivity index (χ2v) is 4.62. The number of benzene rings is 1. The lowest BCUT2D eigenvalue weighted by Crippen LogP contribution is -2.35. The van der Waals surface area contributed by atoms with Crippen LogP contribution in [0.2, 0.25) is 0 Å². The zero-order valence-electron chi connectivity index (χ0n) is 10.3. The third kappa shape index (κ3) is 1.72. The van der Waals surface area contributed by atoms with Gasteiger partial charge < -0.3 is 9.32 Å². The number of aryl methyl sites for hydroxylation is 2. The number of amides is 1. The summed E-state index contributed by atoms with van der Waals surface area (Å²) in [6.45, 7) is 2.66. The lowest BCUT2D eigenvalue weighted by atomic mass is 10.0. The molecule has 92 valence electrons. The van der Waals surface area contributed by atoms with Gasteiger partial charge >= 0.3 is 0 Å². The van der Waals surface area contributed by atoms with Crippen LogP contribution in [0.4, 0.5) is 5.69 Å². The van der Waals surface area contributed by atoms with Gasteiger partial charge in [-0.25, -0.2) is 0 Å². The molecule has 3 heteroatoms. The lowest BCUT2D eigenvalue weighted by molar-refractivity contribution is 0.0957. The smallest absolute Gasteiger partial charge is 0.294 e. The monoisotopic (exact) mass is 241 g/mol. The first-order chi connectivity index (χ1) is 8.77. The molecule has 0 bridgehead atoms. The summed E-state index contributed by atoms with van der Waals surface area (Å²) in [4.78, 5) is 14.3. The summed E-state index contributed by atoms with van der Waals surface area (Å²) >= 11 is 0. The van der Waals surface area contributed by atoms with Crippen LogP contribution in [0.1, 0.15) is 28.1 Å². The van der Waals surface area contributed by atoms with E-state index in [2.05, 4.69) is 6.07 Å². The van der Waals surface area contributed by atoms with Crippen LogP contribution in [0.5, 0.6) is 0 Å². The third-order valence-electron chi connectivity index (χ3n) is 3.41. The van der Waals surface area contributed by atoms with Crippen molar-refractivity contribution in [2.75, 3.05) is 11.4 Å². The second-order valence-electron chi connectivity index (χ2n) is 4.62. The summed E-state index contributed by atoms with van der Waals surface area (Å²) in [6.07, 6.45) is 3.61. The van der Waals surface area contributed by atoms with Gasteiger partial charge in [-0.1, -0.05) is 18.2 Å². The zero-order chi connectivity index (χ0) is 12.5. The standard InChI is InChI=1S/C15H15NO2/c1-11-8-10-18-14(11)15(17)16-9-4-6-12-5-2-3-7-13(12)16/h2-3,5,7-8,10H,4,6,9H2,1H3. The largest absolute Gasteiger partial charge is 0.459 e. The van der Waals surface area contributed by atoms with Crippen molar-refractivity contribution in [3.05, 3.63) is 53.5 Å². The van der Waals surface area contributed by atoms with Crippen LogP contribution in [0.3, 0.4) is 0 Å². The predicted molar refractivity (Wildman–Crippen MR) is 69.9 cm³/mol. The quantitative estimate of drug-likeness (QED) is 0.768. The molecule has 1 amide bonds. The van der Waals surface area contributed by atoms with Gasteiger partial charge in [-0.05, 0) is 37.5 Å². The molecule has 0 saturated heterocycles. The lowest BCUT2D eigenvalue weighted by Gasteiger charge is -2.28. The van der Waals surface area contributed by atoms with Gasteiger partial charge in [0, 0.05) is 17.8 Å². The summed E-state index contributed by atoms with van der Waals surface area (Å²) < 4.78 is 5.30. The van der Waals surface area contributed by atoms with E-state index in [4.69, 9.17) is 4.42 Å². The van der Waals surface area contributed by atoms with Crippen molar-refractivity contribution < 1.29 is 9.21 Å². The van der Waals surface area contributed by atoms with E-state index in [-0.39, 0.29) is 5.91 Å². The normalized spacial score (nSPS) is 14.4. The average Bonchev–Trinajstić information content (AvgIpc) is 2.83. The van der Waals surface area contributed by atoms with E-state index in [1.54, 1.807) is 6.26 Å². The Morgan fingerprint density at radius 3 is 2.89 bits per heavy atom. The van der Waals surface area contributed by atoms with E-state index in [1.807, 2.05) is 36.1 Å². The Labute approximate surface area is 106 Å². The maximum atomic E-state index is 12.5. The van der Waals surface area contributed by atoms with E-state index in [0.29, 0.717) is 5.76 Å². The van der Waals surface area contributed by atoms with Crippen molar-refractivity contribution in [3.8, 4) is 0 Å². The highest BCUT2D eigenvalue weighted by Gasteiger charge is 2.25. The Kier molecular flexibility index (Phi) is 2.67. The van der Waals surface area contributed by atoms with Crippen LogP contribution in [-0.2, 0) is 6.42 Å². The SMILES string of the molecule is Cc1ccoc1C(=O)N1CCCc2ccccc21. The number of carbonyl (C=O) groups is 1. The van der Waals surface area contributed by atoms with Gasteiger partial charge in [-0.15, -0.1) is 0 Å². The van der Waals surface area contributed by atoms with Gasteiger partial charge in [0.1, 0.15) is 0 Å². The maximum absolute atomic E-state index is 12.5. The molecule has 3 nitrogen and oxygen atoms in total. The number of nitrogens with zero attached hydrogens (tertiary/aromatic N) is 1.